The minimum Gasteiger partial charge on any atom is -0.481 e. The summed E-state index contributed by atoms with van der Waals surface area (Å²) < 4.78 is 4.80. The molecule has 0 aromatic heterocycles. The molecule has 5 nitrogen and oxygen atoms in total. The van der Waals surface area contributed by atoms with Crippen LogP contribution in [-0.2, 0) is 4.74 Å². The third kappa shape index (κ3) is 2.01. The van der Waals surface area contributed by atoms with Gasteiger partial charge in [0.05, 0.1) is 12.2 Å². The van der Waals surface area contributed by atoms with Crippen molar-refractivity contribution in [2.24, 2.45) is 0 Å². The van der Waals surface area contributed by atoms with Gasteiger partial charge in [-0.05, 0) is 22.6 Å². The van der Waals surface area contributed by atoms with Crippen LogP contribution in [0.2, 0.25) is 0 Å². The first-order chi connectivity index (χ1) is 7.00. The molecule has 4 N–H and O–H groups in total. The van der Waals surface area contributed by atoms with E-state index in [0.717, 1.165) is 0 Å². The van der Waals surface area contributed by atoms with Gasteiger partial charge in [-0.25, -0.2) is 0 Å². The summed E-state index contributed by atoms with van der Waals surface area (Å²) in [5.74, 6) is 0.415. The van der Waals surface area contributed by atoms with Crippen molar-refractivity contribution in [2.75, 3.05) is 0 Å². The van der Waals surface area contributed by atoms with Crippen LogP contribution in [-0.4, -0.2) is 49.0 Å². The predicted molar refractivity (Wildman–Crippen MR) is 59.2 cm³/mol. The minimum absolute atomic E-state index is 0.178. The van der Waals surface area contributed by atoms with Gasteiger partial charge < -0.3 is 25.2 Å². The van der Waals surface area contributed by atoms with Crippen LogP contribution in [0.1, 0.15) is 12.8 Å². The topological polar surface area (TPSA) is 90.2 Å². The summed E-state index contributed by atoms with van der Waals surface area (Å²) in [5.41, 5.74) is 0.320. The van der Waals surface area contributed by atoms with E-state index in [1.165, 1.54) is 0 Å². The van der Waals surface area contributed by atoms with Crippen LogP contribution in [0.15, 0.2) is 11.3 Å². The molecule has 0 aromatic carbocycles. The third-order valence-electron chi connectivity index (χ3n) is 2.76. The monoisotopic (exact) mass is 328 g/mol. The highest BCUT2D eigenvalue weighted by Gasteiger charge is 2.42. The van der Waals surface area contributed by atoms with E-state index < -0.39 is 28.5 Å². The van der Waals surface area contributed by atoms with Crippen LogP contribution in [0.4, 0.5) is 0 Å². The molecule has 1 aliphatic carbocycles. The Morgan fingerprint density at radius 1 is 1.20 bits per heavy atom. The summed E-state index contributed by atoms with van der Waals surface area (Å²) in [6, 6.07) is 0. The summed E-state index contributed by atoms with van der Waals surface area (Å²) in [4.78, 5) is 0. The normalized spacial score (nSPS) is 46.1. The lowest BCUT2D eigenvalue weighted by Crippen LogP contribution is -2.47. The number of hydrogen-bond acceptors (Lipinski definition) is 5. The van der Waals surface area contributed by atoms with Gasteiger partial charge >= 0.3 is 0 Å². The van der Waals surface area contributed by atoms with Crippen molar-refractivity contribution in [2.45, 2.75) is 41.4 Å². The molecule has 0 radical (unpaired) electrons. The predicted octanol–water partition coefficient (Wildman–Crippen LogP) is -0.731. The van der Waals surface area contributed by atoms with Crippen molar-refractivity contribution in [3.8, 4) is 0 Å². The Balaban J connectivity index is 2.32. The van der Waals surface area contributed by atoms with Crippen LogP contribution >= 0.6 is 22.6 Å². The highest BCUT2D eigenvalue weighted by Crippen LogP contribution is 2.36. The van der Waals surface area contributed by atoms with Gasteiger partial charge in [-0.3, -0.25) is 0 Å². The quantitative estimate of drug-likeness (QED) is 0.348. The van der Waals surface area contributed by atoms with E-state index in [-0.39, 0.29) is 12.8 Å². The van der Waals surface area contributed by atoms with E-state index in [2.05, 4.69) is 0 Å². The standard InChI is InChI=1S/C9H13IO5/c10-9-8(14)7(13)6-4(12)1-3(11)2-5(6)15-9/h3-4,7-9,11-14H,1-2H2/t3-,4+,7+,8+,9+/m1/s1. The molecule has 0 unspecified atom stereocenters. The van der Waals surface area contributed by atoms with Crippen molar-refractivity contribution < 1.29 is 25.2 Å². The van der Waals surface area contributed by atoms with Gasteiger partial charge in [-0.1, -0.05) is 0 Å². The van der Waals surface area contributed by atoms with Crippen molar-refractivity contribution in [1.29, 1.82) is 0 Å². The summed E-state index contributed by atoms with van der Waals surface area (Å²) in [5, 5.41) is 38.5. The number of hydrogen-bond donors (Lipinski definition) is 4. The van der Waals surface area contributed by atoms with Crippen LogP contribution < -0.4 is 0 Å². The average molecular weight is 328 g/mol. The molecule has 1 aliphatic heterocycles. The maximum absolute atomic E-state index is 9.77. The van der Waals surface area contributed by atoms with Gasteiger partial charge in [0.15, 0.2) is 4.11 Å². The van der Waals surface area contributed by atoms with Crippen molar-refractivity contribution >= 4 is 22.6 Å². The second-order valence-electron chi connectivity index (χ2n) is 3.89. The van der Waals surface area contributed by atoms with Crippen molar-refractivity contribution in [1.82, 2.24) is 0 Å². The smallest absolute Gasteiger partial charge is 0.177 e. The fourth-order valence-corrected chi connectivity index (χ4v) is 2.70. The first-order valence-corrected chi connectivity index (χ1v) is 6.01. The second kappa shape index (κ2) is 4.17. The number of aliphatic hydroxyl groups excluding tert-OH is 4. The first kappa shape index (κ1) is 11.6. The number of ether oxygens (including phenoxy) is 1. The molecule has 15 heavy (non-hydrogen) atoms. The van der Waals surface area contributed by atoms with Crippen molar-refractivity contribution in [3.63, 3.8) is 0 Å². The lowest BCUT2D eigenvalue weighted by molar-refractivity contribution is -0.0659. The van der Waals surface area contributed by atoms with Gasteiger partial charge in [0.1, 0.15) is 18.0 Å². The molecule has 2 aliphatic rings. The molecule has 0 bridgehead atoms. The minimum atomic E-state index is -1.10. The Labute approximate surface area is 101 Å². The highest BCUT2D eigenvalue weighted by molar-refractivity contribution is 14.1. The van der Waals surface area contributed by atoms with Crippen LogP contribution in [0.3, 0.4) is 0 Å². The summed E-state index contributed by atoms with van der Waals surface area (Å²) >= 11 is 1.87. The number of aliphatic hydroxyl groups is 4. The fourth-order valence-electron chi connectivity index (χ4n) is 2.00. The second-order valence-corrected chi connectivity index (χ2v) is 5.12. The summed E-state index contributed by atoms with van der Waals surface area (Å²) in [7, 11) is 0. The largest absolute Gasteiger partial charge is 0.481 e. The number of alkyl halides is 1. The van der Waals surface area contributed by atoms with E-state index in [4.69, 9.17) is 4.74 Å². The molecule has 1 heterocycles. The third-order valence-corrected chi connectivity index (χ3v) is 3.75. The van der Waals surface area contributed by atoms with Crippen LogP contribution in [0.25, 0.3) is 0 Å². The zero-order valence-electron chi connectivity index (χ0n) is 7.88. The molecule has 86 valence electrons. The molecular formula is C9H13IO5. The Kier molecular flexibility index (Phi) is 3.22. The van der Waals surface area contributed by atoms with Crippen LogP contribution in [0.5, 0.6) is 0 Å². The Morgan fingerprint density at radius 3 is 2.53 bits per heavy atom. The number of halogens is 1. The van der Waals surface area contributed by atoms with Crippen molar-refractivity contribution in [3.05, 3.63) is 11.3 Å². The lowest BCUT2D eigenvalue weighted by atomic mass is 9.86. The van der Waals surface area contributed by atoms with E-state index in [9.17, 15) is 20.4 Å². The van der Waals surface area contributed by atoms with E-state index in [0.29, 0.717) is 11.3 Å². The molecule has 0 fully saturated rings. The maximum atomic E-state index is 9.77. The fraction of sp³-hybridized carbons (Fsp3) is 0.778. The molecular weight excluding hydrogens is 315 g/mol. The van der Waals surface area contributed by atoms with E-state index >= 15 is 0 Å². The van der Waals surface area contributed by atoms with Gasteiger partial charge in [0.25, 0.3) is 0 Å². The number of rotatable bonds is 0. The Morgan fingerprint density at radius 2 is 1.87 bits per heavy atom. The molecule has 2 rings (SSSR count). The zero-order chi connectivity index (χ0) is 11.2. The molecule has 0 aromatic rings. The van der Waals surface area contributed by atoms with Gasteiger partial charge in [-0.15, -0.1) is 0 Å². The Bertz CT molecular complexity index is 292. The molecule has 0 saturated carbocycles. The van der Waals surface area contributed by atoms with Gasteiger partial charge in [-0.2, -0.15) is 0 Å². The molecule has 0 amide bonds. The molecule has 5 atom stereocenters. The van der Waals surface area contributed by atoms with E-state index in [1.807, 2.05) is 22.6 Å². The molecule has 0 saturated heterocycles. The summed E-state index contributed by atoms with van der Waals surface area (Å²) in [6.45, 7) is 0. The maximum Gasteiger partial charge on any atom is 0.177 e. The SMILES string of the molecule is O[C@H]1CC2=C([C@@H](O)C1)[C@H](O)[C@H](O)[C@@H](I)O2. The molecule has 6 heteroatoms. The van der Waals surface area contributed by atoms with Crippen LogP contribution in [0, 0.1) is 0 Å². The highest BCUT2D eigenvalue weighted by atomic mass is 127. The zero-order valence-corrected chi connectivity index (χ0v) is 10.0. The van der Waals surface area contributed by atoms with Gasteiger partial charge in [0.2, 0.25) is 0 Å². The summed E-state index contributed by atoms with van der Waals surface area (Å²) in [6.07, 6.45) is -3.25. The average Bonchev–Trinajstić information content (AvgIpc) is 2.13. The molecule has 0 spiro atoms. The van der Waals surface area contributed by atoms with E-state index in [1.54, 1.807) is 0 Å². The lowest BCUT2D eigenvalue weighted by Gasteiger charge is -2.38. The van der Waals surface area contributed by atoms with Gasteiger partial charge in [0, 0.05) is 18.4 Å². The Hall–Kier alpha value is 0.110. The first-order valence-electron chi connectivity index (χ1n) is 4.76.